The highest BCUT2D eigenvalue weighted by molar-refractivity contribution is 5.19. The number of hydrogen-bond acceptors (Lipinski definition) is 1. The highest BCUT2D eigenvalue weighted by Crippen LogP contribution is 2.24. The lowest BCUT2D eigenvalue weighted by atomic mass is 9.89. The molecule has 0 aliphatic carbocycles. The molecule has 1 fully saturated rings. The predicted octanol–water partition coefficient (Wildman–Crippen LogP) is 3.63. The largest absolute Gasteiger partial charge is 0.301 e. The molecule has 0 unspecified atom stereocenters. The van der Waals surface area contributed by atoms with Gasteiger partial charge in [-0.1, -0.05) is 6.07 Å². The van der Waals surface area contributed by atoms with Crippen molar-refractivity contribution in [3.05, 3.63) is 35.4 Å². The topological polar surface area (TPSA) is 3.24 Å². The zero-order chi connectivity index (χ0) is 13.1. The highest BCUT2D eigenvalue weighted by atomic mass is 19.1. The van der Waals surface area contributed by atoms with Gasteiger partial charge in [0.05, 0.1) is 0 Å². The average Bonchev–Trinajstić information content (AvgIpc) is 2.33. The molecule has 1 aliphatic heterocycles. The lowest BCUT2D eigenvalue weighted by Gasteiger charge is -2.34. The number of halogens is 2. The SMILES string of the molecule is CC(C)N1CCC(Cc2ccc(F)cc2F)CC1. The number of piperidine rings is 1. The standard InChI is InChI=1S/C15H21F2N/c1-11(2)18-7-5-12(6-8-18)9-13-3-4-14(16)10-15(13)17/h3-4,10-12H,5-9H2,1-2H3. The molecule has 0 bridgehead atoms. The summed E-state index contributed by atoms with van der Waals surface area (Å²) < 4.78 is 26.4. The van der Waals surface area contributed by atoms with Crippen LogP contribution >= 0.6 is 0 Å². The van der Waals surface area contributed by atoms with Crippen molar-refractivity contribution < 1.29 is 8.78 Å². The second-order valence-corrected chi connectivity index (χ2v) is 5.51. The molecule has 0 amide bonds. The number of likely N-dealkylation sites (tertiary alicyclic amines) is 1. The molecule has 0 aromatic heterocycles. The van der Waals surface area contributed by atoms with E-state index in [-0.39, 0.29) is 0 Å². The van der Waals surface area contributed by atoms with Crippen LogP contribution in [0.2, 0.25) is 0 Å². The summed E-state index contributed by atoms with van der Waals surface area (Å²) >= 11 is 0. The van der Waals surface area contributed by atoms with Crippen molar-refractivity contribution >= 4 is 0 Å². The lowest BCUT2D eigenvalue weighted by Crippen LogP contribution is -2.38. The summed E-state index contributed by atoms with van der Waals surface area (Å²) in [6, 6.07) is 4.51. The quantitative estimate of drug-likeness (QED) is 0.795. The Morgan fingerprint density at radius 3 is 2.44 bits per heavy atom. The van der Waals surface area contributed by atoms with Crippen LogP contribution in [0.5, 0.6) is 0 Å². The van der Waals surface area contributed by atoms with Crippen molar-refractivity contribution in [1.29, 1.82) is 0 Å². The van der Waals surface area contributed by atoms with E-state index >= 15 is 0 Å². The van der Waals surface area contributed by atoms with Crippen LogP contribution in [-0.2, 0) is 6.42 Å². The molecule has 1 aliphatic rings. The maximum absolute atomic E-state index is 13.6. The van der Waals surface area contributed by atoms with E-state index in [1.165, 1.54) is 6.07 Å². The Morgan fingerprint density at radius 1 is 1.22 bits per heavy atom. The van der Waals surface area contributed by atoms with E-state index in [0.717, 1.165) is 38.4 Å². The maximum atomic E-state index is 13.6. The van der Waals surface area contributed by atoms with Gasteiger partial charge in [-0.2, -0.15) is 0 Å². The van der Waals surface area contributed by atoms with Gasteiger partial charge in [0.25, 0.3) is 0 Å². The van der Waals surface area contributed by atoms with Gasteiger partial charge in [0, 0.05) is 12.1 Å². The second kappa shape index (κ2) is 5.79. The molecule has 2 rings (SSSR count). The Labute approximate surface area is 108 Å². The van der Waals surface area contributed by atoms with Crippen molar-refractivity contribution in [2.45, 2.75) is 39.2 Å². The predicted molar refractivity (Wildman–Crippen MR) is 69.5 cm³/mol. The van der Waals surface area contributed by atoms with Gasteiger partial charge in [-0.05, 0) is 63.7 Å². The van der Waals surface area contributed by atoms with E-state index in [2.05, 4.69) is 18.7 Å². The van der Waals surface area contributed by atoms with Gasteiger partial charge in [-0.25, -0.2) is 8.78 Å². The first-order valence-electron chi connectivity index (χ1n) is 6.74. The van der Waals surface area contributed by atoms with Crippen LogP contribution in [0, 0.1) is 17.6 Å². The van der Waals surface area contributed by atoms with Crippen molar-refractivity contribution in [1.82, 2.24) is 4.90 Å². The molecule has 3 heteroatoms. The Hall–Kier alpha value is -0.960. The van der Waals surface area contributed by atoms with Crippen molar-refractivity contribution in [2.24, 2.45) is 5.92 Å². The van der Waals surface area contributed by atoms with Crippen LogP contribution in [0.1, 0.15) is 32.3 Å². The number of hydrogen-bond donors (Lipinski definition) is 0. The van der Waals surface area contributed by atoms with Crippen LogP contribution < -0.4 is 0 Å². The van der Waals surface area contributed by atoms with Gasteiger partial charge in [0.2, 0.25) is 0 Å². The van der Waals surface area contributed by atoms with Crippen LogP contribution in [0.15, 0.2) is 18.2 Å². The minimum absolute atomic E-state index is 0.402. The van der Waals surface area contributed by atoms with Crippen LogP contribution in [0.25, 0.3) is 0 Å². The minimum atomic E-state index is -0.495. The molecular weight excluding hydrogens is 232 g/mol. The molecule has 1 heterocycles. The van der Waals surface area contributed by atoms with Gasteiger partial charge >= 0.3 is 0 Å². The Balaban J connectivity index is 1.91. The molecule has 1 aromatic carbocycles. The van der Waals surface area contributed by atoms with Crippen LogP contribution in [0.3, 0.4) is 0 Å². The summed E-state index contributed by atoms with van der Waals surface area (Å²) in [7, 11) is 0. The van der Waals surface area contributed by atoms with E-state index in [1.807, 2.05) is 0 Å². The van der Waals surface area contributed by atoms with Crippen molar-refractivity contribution in [2.75, 3.05) is 13.1 Å². The first kappa shape index (κ1) is 13.5. The first-order valence-corrected chi connectivity index (χ1v) is 6.74. The van der Waals surface area contributed by atoms with Gasteiger partial charge in [0.1, 0.15) is 11.6 Å². The van der Waals surface area contributed by atoms with Gasteiger partial charge in [-0.3, -0.25) is 0 Å². The first-order chi connectivity index (χ1) is 8.56. The third-order valence-electron chi connectivity index (χ3n) is 3.90. The summed E-state index contributed by atoms with van der Waals surface area (Å²) in [5.74, 6) is -0.368. The van der Waals surface area contributed by atoms with E-state index in [1.54, 1.807) is 6.07 Å². The van der Waals surface area contributed by atoms with Crippen LogP contribution in [-0.4, -0.2) is 24.0 Å². The minimum Gasteiger partial charge on any atom is -0.301 e. The van der Waals surface area contributed by atoms with Crippen molar-refractivity contribution in [3.8, 4) is 0 Å². The molecule has 0 spiro atoms. The monoisotopic (exact) mass is 253 g/mol. The fraction of sp³-hybridized carbons (Fsp3) is 0.600. The average molecular weight is 253 g/mol. The molecule has 1 saturated heterocycles. The molecule has 0 radical (unpaired) electrons. The highest BCUT2D eigenvalue weighted by Gasteiger charge is 2.21. The lowest BCUT2D eigenvalue weighted by molar-refractivity contribution is 0.149. The van der Waals surface area contributed by atoms with Crippen LogP contribution in [0.4, 0.5) is 8.78 Å². The summed E-state index contributed by atoms with van der Waals surface area (Å²) in [4.78, 5) is 2.46. The normalized spacial score (nSPS) is 18.5. The molecule has 0 N–H and O–H groups in total. The third-order valence-corrected chi connectivity index (χ3v) is 3.90. The summed E-state index contributed by atoms with van der Waals surface area (Å²) in [6.45, 7) is 6.59. The zero-order valence-electron chi connectivity index (χ0n) is 11.1. The summed E-state index contributed by atoms with van der Waals surface area (Å²) in [6.07, 6.45) is 2.95. The fourth-order valence-electron chi connectivity index (χ4n) is 2.67. The zero-order valence-corrected chi connectivity index (χ0v) is 11.1. The molecule has 0 atom stereocenters. The molecule has 100 valence electrons. The number of benzene rings is 1. The molecule has 18 heavy (non-hydrogen) atoms. The molecular formula is C15H21F2N. The smallest absolute Gasteiger partial charge is 0.129 e. The number of rotatable bonds is 3. The van der Waals surface area contributed by atoms with Gasteiger partial charge in [-0.15, -0.1) is 0 Å². The second-order valence-electron chi connectivity index (χ2n) is 5.51. The summed E-state index contributed by atoms with van der Waals surface area (Å²) in [5, 5.41) is 0. The fourth-order valence-corrected chi connectivity index (χ4v) is 2.67. The molecule has 0 saturated carbocycles. The van der Waals surface area contributed by atoms with E-state index in [4.69, 9.17) is 0 Å². The number of nitrogens with zero attached hydrogens (tertiary/aromatic N) is 1. The van der Waals surface area contributed by atoms with E-state index in [9.17, 15) is 8.78 Å². The van der Waals surface area contributed by atoms with Crippen molar-refractivity contribution in [3.63, 3.8) is 0 Å². The van der Waals surface area contributed by atoms with E-state index in [0.29, 0.717) is 17.5 Å². The Kier molecular flexibility index (Phi) is 4.33. The van der Waals surface area contributed by atoms with E-state index < -0.39 is 11.6 Å². The Bertz CT molecular complexity index is 395. The maximum Gasteiger partial charge on any atom is 0.129 e. The van der Waals surface area contributed by atoms with Gasteiger partial charge < -0.3 is 4.90 Å². The Morgan fingerprint density at radius 2 is 1.89 bits per heavy atom. The van der Waals surface area contributed by atoms with Gasteiger partial charge in [0.15, 0.2) is 0 Å². The molecule has 1 nitrogen and oxygen atoms in total. The molecule has 1 aromatic rings. The third kappa shape index (κ3) is 3.29. The summed E-state index contributed by atoms with van der Waals surface area (Å²) in [5.41, 5.74) is 0.652.